The van der Waals surface area contributed by atoms with Crippen molar-refractivity contribution in [2.75, 3.05) is 73.7 Å². The SMILES string of the molecule is CN=C(NCC1CCN(CCOC)CC1)NCC(c1ccc(OC)cc1)N1CCCCC1.I. The van der Waals surface area contributed by atoms with E-state index in [4.69, 9.17) is 9.47 Å². The zero-order valence-electron chi connectivity index (χ0n) is 20.7. The largest absolute Gasteiger partial charge is 0.497 e. The number of benzene rings is 1. The quantitative estimate of drug-likeness (QED) is 0.255. The molecule has 2 aliphatic rings. The Morgan fingerprint density at radius 3 is 2.33 bits per heavy atom. The summed E-state index contributed by atoms with van der Waals surface area (Å²) in [7, 11) is 5.36. The lowest BCUT2D eigenvalue weighted by molar-refractivity contribution is 0.120. The molecule has 3 rings (SSSR count). The Balaban J connectivity index is 0.00000385. The van der Waals surface area contributed by atoms with Crippen molar-refractivity contribution in [2.45, 2.75) is 38.1 Å². The molecule has 8 heteroatoms. The fraction of sp³-hybridized carbons (Fsp3) is 0.720. The standard InChI is InChI=1S/C25H43N5O2.HI/c1-26-25(27-19-21-11-15-29(16-12-21)17-18-31-2)28-20-24(30-13-5-4-6-14-30)22-7-9-23(32-3)10-8-22;/h7-10,21,24H,4-6,11-20H2,1-3H3,(H2,26,27,28);1H. The van der Waals surface area contributed by atoms with Gasteiger partial charge in [0, 0.05) is 33.8 Å². The van der Waals surface area contributed by atoms with Gasteiger partial charge in [-0.15, -0.1) is 24.0 Å². The number of piperidine rings is 2. The lowest BCUT2D eigenvalue weighted by Crippen LogP contribution is -2.46. The van der Waals surface area contributed by atoms with Crippen LogP contribution >= 0.6 is 24.0 Å². The van der Waals surface area contributed by atoms with E-state index in [0.717, 1.165) is 64.1 Å². The van der Waals surface area contributed by atoms with Gasteiger partial charge in [0.2, 0.25) is 0 Å². The van der Waals surface area contributed by atoms with Gasteiger partial charge in [-0.3, -0.25) is 9.89 Å². The Kier molecular flexibility index (Phi) is 13.4. The van der Waals surface area contributed by atoms with Crippen molar-refractivity contribution in [1.82, 2.24) is 20.4 Å². The molecule has 0 amide bonds. The monoisotopic (exact) mass is 573 g/mol. The van der Waals surface area contributed by atoms with Gasteiger partial charge in [0.25, 0.3) is 0 Å². The highest BCUT2D eigenvalue weighted by atomic mass is 127. The number of halogens is 1. The Bertz CT molecular complexity index is 674. The lowest BCUT2D eigenvalue weighted by atomic mass is 9.97. The highest BCUT2D eigenvalue weighted by molar-refractivity contribution is 14.0. The van der Waals surface area contributed by atoms with E-state index >= 15 is 0 Å². The van der Waals surface area contributed by atoms with Crippen molar-refractivity contribution < 1.29 is 9.47 Å². The first-order valence-corrected chi connectivity index (χ1v) is 12.3. The molecule has 2 aliphatic heterocycles. The van der Waals surface area contributed by atoms with Crippen molar-refractivity contribution in [1.29, 1.82) is 0 Å². The van der Waals surface area contributed by atoms with Crippen LogP contribution in [0.5, 0.6) is 5.75 Å². The van der Waals surface area contributed by atoms with Crippen LogP contribution < -0.4 is 15.4 Å². The van der Waals surface area contributed by atoms with Crippen molar-refractivity contribution in [3.63, 3.8) is 0 Å². The van der Waals surface area contributed by atoms with E-state index in [0.29, 0.717) is 12.0 Å². The average molecular weight is 574 g/mol. The van der Waals surface area contributed by atoms with Gasteiger partial charge in [-0.05, 0) is 75.5 Å². The minimum Gasteiger partial charge on any atom is -0.497 e. The van der Waals surface area contributed by atoms with Crippen LogP contribution in [0.25, 0.3) is 0 Å². The number of nitrogens with one attached hydrogen (secondary N) is 2. The summed E-state index contributed by atoms with van der Waals surface area (Å²) < 4.78 is 10.6. The molecular weight excluding hydrogens is 529 g/mol. The molecule has 0 aliphatic carbocycles. The van der Waals surface area contributed by atoms with Crippen LogP contribution in [-0.4, -0.2) is 89.4 Å². The third kappa shape index (κ3) is 9.22. The molecule has 1 aromatic rings. The van der Waals surface area contributed by atoms with E-state index < -0.39 is 0 Å². The highest BCUT2D eigenvalue weighted by Gasteiger charge is 2.23. The summed E-state index contributed by atoms with van der Waals surface area (Å²) in [5.41, 5.74) is 1.33. The summed E-state index contributed by atoms with van der Waals surface area (Å²) in [6.07, 6.45) is 6.37. The van der Waals surface area contributed by atoms with E-state index in [-0.39, 0.29) is 24.0 Å². The Labute approximate surface area is 217 Å². The molecule has 0 radical (unpaired) electrons. The smallest absolute Gasteiger partial charge is 0.191 e. The summed E-state index contributed by atoms with van der Waals surface area (Å²) >= 11 is 0. The minimum atomic E-state index is 0. The molecule has 0 saturated carbocycles. The van der Waals surface area contributed by atoms with Gasteiger partial charge in [-0.1, -0.05) is 18.6 Å². The lowest BCUT2D eigenvalue weighted by Gasteiger charge is -2.35. The van der Waals surface area contributed by atoms with E-state index in [1.165, 1.54) is 37.7 Å². The Morgan fingerprint density at radius 2 is 1.73 bits per heavy atom. The second kappa shape index (κ2) is 15.7. The van der Waals surface area contributed by atoms with Crippen LogP contribution in [0, 0.1) is 5.92 Å². The van der Waals surface area contributed by atoms with Crippen molar-refractivity contribution in [2.24, 2.45) is 10.9 Å². The molecule has 1 atom stereocenters. The summed E-state index contributed by atoms with van der Waals surface area (Å²) in [5.74, 6) is 2.51. The third-order valence-electron chi connectivity index (χ3n) is 6.90. The summed E-state index contributed by atoms with van der Waals surface area (Å²) in [4.78, 5) is 9.61. The van der Waals surface area contributed by atoms with Gasteiger partial charge in [-0.2, -0.15) is 0 Å². The molecule has 33 heavy (non-hydrogen) atoms. The van der Waals surface area contributed by atoms with Crippen molar-refractivity contribution in [3.8, 4) is 5.75 Å². The van der Waals surface area contributed by atoms with E-state index in [2.05, 4.69) is 49.7 Å². The maximum atomic E-state index is 5.36. The molecule has 0 bridgehead atoms. The molecule has 2 heterocycles. The Morgan fingerprint density at radius 1 is 1.03 bits per heavy atom. The number of methoxy groups -OCH3 is 2. The second-order valence-electron chi connectivity index (χ2n) is 9.00. The highest BCUT2D eigenvalue weighted by Crippen LogP contribution is 2.26. The summed E-state index contributed by atoms with van der Waals surface area (Å²) in [6, 6.07) is 8.88. The molecule has 2 fully saturated rings. The van der Waals surface area contributed by atoms with E-state index in [1.807, 2.05) is 7.05 Å². The van der Waals surface area contributed by atoms with Gasteiger partial charge >= 0.3 is 0 Å². The van der Waals surface area contributed by atoms with Crippen LogP contribution in [0.4, 0.5) is 0 Å². The number of ether oxygens (including phenoxy) is 2. The zero-order chi connectivity index (χ0) is 22.6. The van der Waals surface area contributed by atoms with Gasteiger partial charge in [0.15, 0.2) is 5.96 Å². The summed E-state index contributed by atoms with van der Waals surface area (Å²) in [6.45, 7) is 8.34. The maximum absolute atomic E-state index is 5.36. The van der Waals surface area contributed by atoms with Gasteiger partial charge in [0.05, 0.1) is 19.8 Å². The second-order valence-corrected chi connectivity index (χ2v) is 9.00. The molecule has 0 aromatic heterocycles. The molecule has 7 nitrogen and oxygen atoms in total. The minimum absolute atomic E-state index is 0. The van der Waals surface area contributed by atoms with Gasteiger partial charge < -0.3 is 25.0 Å². The number of nitrogens with zero attached hydrogens (tertiary/aromatic N) is 3. The molecule has 2 saturated heterocycles. The van der Waals surface area contributed by atoms with Gasteiger partial charge in [0.1, 0.15) is 5.75 Å². The van der Waals surface area contributed by atoms with Crippen LogP contribution in [-0.2, 0) is 4.74 Å². The number of rotatable bonds is 10. The normalized spacial score (nSPS) is 19.5. The van der Waals surface area contributed by atoms with Crippen LogP contribution in [0.2, 0.25) is 0 Å². The molecule has 2 N–H and O–H groups in total. The molecule has 188 valence electrons. The number of aliphatic imine (C=N–C) groups is 1. The predicted octanol–water partition coefficient (Wildman–Crippen LogP) is 3.36. The topological polar surface area (TPSA) is 61.4 Å². The fourth-order valence-corrected chi connectivity index (χ4v) is 4.80. The Hall–Kier alpha value is -1.10. The zero-order valence-corrected chi connectivity index (χ0v) is 23.1. The number of hydrogen-bond donors (Lipinski definition) is 2. The molecule has 1 aromatic carbocycles. The first-order chi connectivity index (χ1) is 15.7. The van der Waals surface area contributed by atoms with E-state index in [1.54, 1.807) is 14.2 Å². The predicted molar refractivity (Wildman–Crippen MR) is 147 cm³/mol. The third-order valence-corrected chi connectivity index (χ3v) is 6.90. The van der Waals surface area contributed by atoms with E-state index in [9.17, 15) is 0 Å². The first-order valence-electron chi connectivity index (χ1n) is 12.3. The maximum Gasteiger partial charge on any atom is 0.191 e. The summed E-state index contributed by atoms with van der Waals surface area (Å²) in [5, 5.41) is 7.19. The molecule has 0 spiro atoms. The molecular formula is C25H44IN5O2. The van der Waals surface area contributed by atoms with Crippen molar-refractivity contribution in [3.05, 3.63) is 29.8 Å². The number of guanidine groups is 1. The molecule has 1 unspecified atom stereocenters. The fourth-order valence-electron chi connectivity index (χ4n) is 4.80. The number of hydrogen-bond acceptors (Lipinski definition) is 5. The van der Waals surface area contributed by atoms with Crippen LogP contribution in [0.15, 0.2) is 29.3 Å². The van der Waals surface area contributed by atoms with Crippen molar-refractivity contribution >= 4 is 29.9 Å². The average Bonchev–Trinajstić information content (AvgIpc) is 2.86. The van der Waals surface area contributed by atoms with Crippen LogP contribution in [0.1, 0.15) is 43.7 Å². The van der Waals surface area contributed by atoms with Gasteiger partial charge in [-0.25, -0.2) is 0 Å². The number of likely N-dealkylation sites (tertiary alicyclic amines) is 2. The first kappa shape index (κ1) is 28.1. The van der Waals surface area contributed by atoms with Crippen LogP contribution in [0.3, 0.4) is 0 Å².